The molecule has 0 aromatic heterocycles. The number of hydrogen-bond donors (Lipinski definition) is 3. The zero-order valence-electron chi connectivity index (χ0n) is 10.5. The maximum absolute atomic E-state index is 13.0. The predicted octanol–water partition coefficient (Wildman–Crippen LogP) is 2.57. The van der Waals surface area contributed by atoms with Gasteiger partial charge in [-0.2, -0.15) is 0 Å². The van der Waals surface area contributed by atoms with Gasteiger partial charge in [-0.25, -0.2) is 4.39 Å². The van der Waals surface area contributed by atoms with Crippen LogP contribution in [0.25, 0.3) is 0 Å². The summed E-state index contributed by atoms with van der Waals surface area (Å²) in [5.41, 5.74) is 13.1. The number of anilines is 2. The number of nitrogens with one attached hydrogen (secondary N) is 1. The van der Waals surface area contributed by atoms with Gasteiger partial charge in [-0.15, -0.1) is 0 Å². The zero-order valence-corrected chi connectivity index (χ0v) is 11.2. The summed E-state index contributed by atoms with van der Waals surface area (Å²) in [5, 5.41) is 2.70. The third kappa shape index (κ3) is 3.39. The van der Waals surface area contributed by atoms with Crippen LogP contribution in [0.15, 0.2) is 36.4 Å². The molecule has 0 aliphatic carbocycles. The van der Waals surface area contributed by atoms with Crippen molar-refractivity contribution >= 4 is 28.9 Å². The first-order valence-electron chi connectivity index (χ1n) is 5.84. The Bertz CT molecular complexity index is 641. The summed E-state index contributed by atoms with van der Waals surface area (Å²) < 4.78 is 13.0. The van der Waals surface area contributed by atoms with Crippen LogP contribution in [0, 0.1) is 5.82 Å². The van der Waals surface area contributed by atoms with E-state index < -0.39 is 5.82 Å². The number of nitrogens with two attached hydrogens (primary N) is 2. The topological polar surface area (TPSA) is 81.1 Å². The summed E-state index contributed by atoms with van der Waals surface area (Å²) >= 11 is 5.67. The van der Waals surface area contributed by atoms with Gasteiger partial charge >= 0.3 is 0 Å². The molecule has 2 aromatic rings. The quantitative estimate of drug-likeness (QED) is 0.761. The van der Waals surface area contributed by atoms with Crippen molar-refractivity contribution in [1.82, 2.24) is 5.32 Å². The summed E-state index contributed by atoms with van der Waals surface area (Å²) in [7, 11) is 0. The van der Waals surface area contributed by atoms with Gasteiger partial charge in [0.05, 0.1) is 5.02 Å². The van der Waals surface area contributed by atoms with Crippen LogP contribution < -0.4 is 16.8 Å². The summed E-state index contributed by atoms with van der Waals surface area (Å²) in [6.07, 6.45) is 0. The molecule has 6 heteroatoms. The Morgan fingerprint density at radius 2 is 1.80 bits per heavy atom. The summed E-state index contributed by atoms with van der Waals surface area (Å²) in [5.74, 6) is -0.810. The molecule has 5 N–H and O–H groups in total. The molecule has 1 amide bonds. The monoisotopic (exact) mass is 293 g/mol. The third-order valence-corrected chi connectivity index (χ3v) is 2.97. The van der Waals surface area contributed by atoms with Crippen molar-refractivity contribution in [3.63, 3.8) is 0 Å². The van der Waals surface area contributed by atoms with E-state index in [0.29, 0.717) is 22.5 Å². The van der Waals surface area contributed by atoms with Gasteiger partial charge < -0.3 is 16.8 Å². The second kappa shape index (κ2) is 5.79. The van der Waals surface area contributed by atoms with Gasteiger partial charge in [-0.05, 0) is 35.9 Å². The normalized spacial score (nSPS) is 10.3. The number of amides is 1. The third-order valence-electron chi connectivity index (χ3n) is 2.68. The number of halogens is 2. The van der Waals surface area contributed by atoms with Gasteiger partial charge in [0.25, 0.3) is 5.91 Å². The highest BCUT2D eigenvalue weighted by Crippen LogP contribution is 2.16. The number of rotatable bonds is 3. The van der Waals surface area contributed by atoms with Crippen molar-refractivity contribution in [3.05, 3.63) is 58.4 Å². The highest BCUT2D eigenvalue weighted by atomic mass is 35.5. The molecule has 0 atom stereocenters. The first-order chi connectivity index (χ1) is 9.45. The molecule has 4 nitrogen and oxygen atoms in total. The molecule has 0 bridgehead atoms. The second-order valence-corrected chi connectivity index (χ2v) is 4.73. The van der Waals surface area contributed by atoms with Gasteiger partial charge in [-0.3, -0.25) is 4.79 Å². The molecule has 0 saturated heterocycles. The highest BCUT2D eigenvalue weighted by Gasteiger charge is 2.08. The molecule has 0 saturated carbocycles. The lowest BCUT2D eigenvalue weighted by Gasteiger charge is -2.07. The van der Waals surface area contributed by atoms with Crippen LogP contribution in [0.1, 0.15) is 15.9 Å². The maximum atomic E-state index is 13.0. The molecule has 0 aliphatic heterocycles. The van der Waals surface area contributed by atoms with Crippen LogP contribution in [0.4, 0.5) is 15.8 Å². The lowest BCUT2D eigenvalue weighted by Crippen LogP contribution is -2.23. The predicted molar refractivity (Wildman–Crippen MR) is 77.8 cm³/mol. The fourth-order valence-corrected chi connectivity index (χ4v) is 1.94. The van der Waals surface area contributed by atoms with Crippen LogP contribution >= 0.6 is 11.6 Å². The minimum absolute atomic E-state index is 0.0185. The molecular weight excluding hydrogens is 281 g/mol. The SMILES string of the molecule is Nc1cc(N)cc(C(=O)NCc2ccc(F)c(Cl)c2)c1. The Morgan fingerprint density at radius 3 is 2.40 bits per heavy atom. The lowest BCUT2D eigenvalue weighted by atomic mass is 10.1. The van der Waals surface area contributed by atoms with Crippen molar-refractivity contribution in [3.8, 4) is 0 Å². The van der Waals surface area contributed by atoms with Gasteiger partial charge in [0, 0.05) is 23.5 Å². The molecule has 0 radical (unpaired) electrons. The molecule has 20 heavy (non-hydrogen) atoms. The van der Waals surface area contributed by atoms with Gasteiger partial charge in [0.2, 0.25) is 0 Å². The number of nitrogen functional groups attached to an aromatic ring is 2. The van der Waals surface area contributed by atoms with E-state index in [2.05, 4.69) is 5.32 Å². The molecule has 0 heterocycles. The molecule has 2 aromatic carbocycles. The number of benzene rings is 2. The molecule has 2 rings (SSSR count). The van der Waals surface area contributed by atoms with Crippen molar-refractivity contribution in [2.24, 2.45) is 0 Å². The Hall–Kier alpha value is -2.27. The number of carbonyl (C=O) groups excluding carboxylic acids is 1. The van der Waals surface area contributed by atoms with Crippen LogP contribution in [0.2, 0.25) is 5.02 Å². The van der Waals surface area contributed by atoms with E-state index in [1.54, 1.807) is 12.1 Å². The first kappa shape index (κ1) is 14.1. The molecule has 104 valence electrons. The Balaban J connectivity index is 2.06. The summed E-state index contributed by atoms with van der Waals surface area (Å²) in [4.78, 5) is 11.9. The van der Waals surface area contributed by atoms with E-state index in [1.165, 1.54) is 24.3 Å². The summed E-state index contributed by atoms with van der Waals surface area (Å²) in [6.45, 7) is 0.230. The minimum atomic E-state index is -0.495. The average molecular weight is 294 g/mol. The molecule has 0 aliphatic rings. The fraction of sp³-hybridized carbons (Fsp3) is 0.0714. The molecule has 0 spiro atoms. The van der Waals surface area contributed by atoms with E-state index in [9.17, 15) is 9.18 Å². The van der Waals surface area contributed by atoms with E-state index in [4.69, 9.17) is 23.1 Å². The van der Waals surface area contributed by atoms with Crippen molar-refractivity contribution in [2.75, 3.05) is 11.5 Å². The average Bonchev–Trinajstić information content (AvgIpc) is 2.38. The second-order valence-electron chi connectivity index (χ2n) is 4.32. The zero-order chi connectivity index (χ0) is 14.7. The largest absolute Gasteiger partial charge is 0.399 e. The minimum Gasteiger partial charge on any atom is -0.399 e. The van der Waals surface area contributed by atoms with Crippen molar-refractivity contribution in [1.29, 1.82) is 0 Å². The Labute approximate surface area is 120 Å². The standard InChI is InChI=1S/C14H13ClFN3O/c15-12-3-8(1-2-13(12)16)7-19-14(20)9-4-10(17)6-11(18)5-9/h1-6H,7,17-18H2,(H,19,20). The van der Waals surface area contributed by atoms with Crippen LogP contribution in [-0.2, 0) is 6.54 Å². The molecule has 0 unspecified atom stereocenters. The van der Waals surface area contributed by atoms with E-state index in [0.717, 1.165) is 0 Å². The first-order valence-corrected chi connectivity index (χ1v) is 6.21. The highest BCUT2D eigenvalue weighted by molar-refractivity contribution is 6.30. The smallest absolute Gasteiger partial charge is 0.251 e. The fourth-order valence-electron chi connectivity index (χ4n) is 1.74. The Morgan fingerprint density at radius 1 is 1.15 bits per heavy atom. The maximum Gasteiger partial charge on any atom is 0.251 e. The lowest BCUT2D eigenvalue weighted by molar-refractivity contribution is 0.0951. The van der Waals surface area contributed by atoms with Crippen LogP contribution in [-0.4, -0.2) is 5.91 Å². The van der Waals surface area contributed by atoms with Crippen molar-refractivity contribution in [2.45, 2.75) is 6.54 Å². The van der Waals surface area contributed by atoms with Gasteiger partial charge in [0.15, 0.2) is 0 Å². The molecule has 0 fully saturated rings. The van der Waals surface area contributed by atoms with E-state index in [-0.39, 0.29) is 17.5 Å². The van der Waals surface area contributed by atoms with Crippen molar-refractivity contribution < 1.29 is 9.18 Å². The van der Waals surface area contributed by atoms with Crippen LogP contribution in [0.5, 0.6) is 0 Å². The van der Waals surface area contributed by atoms with Gasteiger partial charge in [0.1, 0.15) is 5.82 Å². The van der Waals surface area contributed by atoms with E-state index in [1.807, 2.05) is 0 Å². The van der Waals surface area contributed by atoms with Gasteiger partial charge in [-0.1, -0.05) is 17.7 Å². The van der Waals surface area contributed by atoms with Crippen LogP contribution in [0.3, 0.4) is 0 Å². The molecular formula is C14H13ClFN3O. The number of carbonyl (C=O) groups is 1. The van der Waals surface area contributed by atoms with E-state index >= 15 is 0 Å². The Kier molecular flexibility index (Phi) is 4.10. The summed E-state index contributed by atoms with van der Waals surface area (Å²) in [6, 6.07) is 8.89. The number of hydrogen-bond acceptors (Lipinski definition) is 3.